The number of phosphoric ester groups is 2. The van der Waals surface area contributed by atoms with Crippen LogP contribution in [0.3, 0.4) is 0 Å². The quantitative estimate of drug-likeness (QED) is 0.0256. The first kappa shape index (κ1) is 51.4. The molecule has 0 aliphatic carbocycles. The van der Waals surface area contributed by atoms with E-state index >= 15 is 0 Å². The molecule has 0 aromatic carbocycles. The standard InChI is InChI=1S/C38H71N3O14P2/c1-3-5-7-9-11-13-15-16-18-20-22-24-34(42)53-31(28-50-27-23-21-19-17-14-12-10-8-6-4-2)29-51-56(46,47)55-57(48,49)52-30-32-35(43)36(44)37(54-32)41-26-25-33(39)40-38(41)45/h25-26,31-32,35-37,43-44H,3-24,27-30H2,1-2H3,(H,46,47)(H,48,49)(H2,39,40,45)/t31?,32-,35-,36+,37-/m1/s1. The Balaban J connectivity index is 1.82. The first-order valence-corrected chi connectivity index (χ1v) is 24.1. The van der Waals surface area contributed by atoms with Crippen LogP contribution in [0.5, 0.6) is 0 Å². The van der Waals surface area contributed by atoms with Crippen LogP contribution in [-0.2, 0) is 41.5 Å². The van der Waals surface area contributed by atoms with Gasteiger partial charge in [-0.25, -0.2) is 13.9 Å². The molecule has 0 saturated carbocycles. The van der Waals surface area contributed by atoms with Crippen LogP contribution < -0.4 is 11.4 Å². The van der Waals surface area contributed by atoms with Gasteiger partial charge in [0, 0.05) is 19.2 Å². The number of carbonyl (C=O) groups is 1. The van der Waals surface area contributed by atoms with Crippen molar-refractivity contribution >= 4 is 27.4 Å². The van der Waals surface area contributed by atoms with Crippen LogP contribution in [0.15, 0.2) is 17.1 Å². The van der Waals surface area contributed by atoms with Crippen molar-refractivity contribution in [3.8, 4) is 0 Å². The van der Waals surface area contributed by atoms with E-state index in [1.165, 1.54) is 95.7 Å². The van der Waals surface area contributed by atoms with Crippen molar-refractivity contribution in [2.24, 2.45) is 0 Å². The largest absolute Gasteiger partial charge is 0.481 e. The van der Waals surface area contributed by atoms with Gasteiger partial charge in [-0.2, -0.15) is 9.29 Å². The fourth-order valence-corrected chi connectivity index (χ4v) is 8.55. The number of unbranched alkanes of at least 4 members (excludes halogenated alkanes) is 19. The van der Waals surface area contributed by atoms with Gasteiger partial charge >= 0.3 is 27.3 Å². The summed E-state index contributed by atoms with van der Waals surface area (Å²) in [6.45, 7) is 3.07. The Morgan fingerprint density at radius 2 is 1.30 bits per heavy atom. The number of carbonyl (C=O) groups excluding carboxylic acids is 1. The second-order valence-corrected chi connectivity index (χ2v) is 17.9. The van der Waals surface area contributed by atoms with Crippen molar-refractivity contribution in [2.75, 3.05) is 32.2 Å². The Bertz CT molecular complexity index is 1390. The molecule has 1 aliphatic heterocycles. The summed E-state index contributed by atoms with van der Waals surface area (Å²) in [5.74, 6) is -0.612. The van der Waals surface area contributed by atoms with Gasteiger partial charge in [-0.15, -0.1) is 0 Å². The Kier molecular flexibility index (Phi) is 26.6. The number of aliphatic hydroxyl groups excluding tert-OH is 2. The molecule has 2 heterocycles. The molecule has 0 bridgehead atoms. The first-order chi connectivity index (χ1) is 27.3. The normalized spacial score (nSPS) is 20.9. The Hall–Kier alpha value is -1.75. The van der Waals surface area contributed by atoms with Crippen molar-refractivity contribution in [3.63, 3.8) is 0 Å². The number of rotatable bonds is 35. The minimum absolute atomic E-state index is 0.0841. The van der Waals surface area contributed by atoms with Gasteiger partial charge in [0.1, 0.15) is 30.2 Å². The summed E-state index contributed by atoms with van der Waals surface area (Å²) in [5.41, 5.74) is 4.60. The van der Waals surface area contributed by atoms with Gasteiger partial charge in [0.15, 0.2) is 6.23 Å². The van der Waals surface area contributed by atoms with E-state index in [2.05, 4.69) is 23.1 Å². The molecule has 17 nitrogen and oxygen atoms in total. The molecule has 0 amide bonds. The number of hydrogen-bond acceptors (Lipinski definition) is 14. The van der Waals surface area contributed by atoms with Crippen LogP contribution in [0.4, 0.5) is 5.82 Å². The summed E-state index contributed by atoms with van der Waals surface area (Å²) in [6.07, 6.45) is 17.8. The summed E-state index contributed by atoms with van der Waals surface area (Å²) in [6, 6.07) is 1.26. The van der Waals surface area contributed by atoms with E-state index in [1.54, 1.807) is 0 Å². The number of hydrogen-bond donors (Lipinski definition) is 5. The lowest BCUT2D eigenvalue weighted by Crippen LogP contribution is -2.36. The average Bonchev–Trinajstić information content (AvgIpc) is 3.43. The Morgan fingerprint density at radius 3 is 1.84 bits per heavy atom. The van der Waals surface area contributed by atoms with E-state index in [0.717, 1.165) is 49.5 Å². The number of esters is 1. The van der Waals surface area contributed by atoms with Gasteiger partial charge in [-0.05, 0) is 18.9 Å². The molecule has 1 aromatic rings. The maximum atomic E-state index is 12.7. The molecule has 1 aliphatic rings. The molecule has 1 saturated heterocycles. The minimum atomic E-state index is -5.34. The molecule has 57 heavy (non-hydrogen) atoms. The van der Waals surface area contributed by atoms with E-state index in [4.69, 9.17) is 29.0 Å². The second-order valence-electron chi connectivity index (χ2n) is 14.9. The van der Waals surface area contributed by atoms with E-state index < -0.39 is 71.2 Å². The molecule has 6 N–H and O–H groups in total. The van der Waals surface area contributed by atoms with E-state index in [9.17, 15) is 38.7 Å². The summed E-state index contributed by atoms with van der Waals surface area (Å²) in [5, 5.41) is 20.8. The van der Waals surface area contributed by atoms with Crippen LogP contribution in [-0.4, -0.2) is 86.4 Å². The highest BCUT2D eigenvalue weighted by molar-refractivity contribution is 7.61. The van der Waals surface area contributed by atoms with Gasteiger partial charge in [-0.1, -0.05) is 136 Å². The number of ether oxygens (including phenoxy) is 3. The zero-order valence-corrected chi connectivity index (χ0v) is 36.0. The van der Waals surface area contributed by atoms with E-state index in [0.29, 0.717) is 13.0 Å². The second kappa shape index (κ2) is 29.5. The van der Waals surface area contributed by atoms with Gasteiger partial charge in [0.25, 0.3) is 0 Å². The SMILES string of the molecule is CCCCCCCCCCCCCC(=O)OC(COCCCCCCCCCCCC)COP(=O)(O)OP(=O)(O)OC[C@H]1O[C@@H](n2ccc(N)nc2=O)[C@@H](O)[C@@H]1O. The predicted molar refractivity (Wildman–Crippen MR) is 215 cm³/mol. The van der Waals surface area contributed by atoms with Gasteiger partial charge in [0.2, 0.25) is 0 Å². The average molecular weight is 856 g/mol. The van der Waals surface area contributed by atoms with Crippen molar-refractivity contribution < 1.29 is 61.5 Å². The zero-order chi connectivity index (χ0) is 41.9. The predicted octanol–water partition coefficient (Wildman–Crippen LogP) is 7.25. The van der Waals surface area contributed by atoms with Crippen molar-refractivity contribution in [2.45, 2.75) is 186 Å². The lowest BCUT2D eigenvalue weighted by Gasteiger charge is -2.21. The molecule has 332 valence electrons. The number of phosphoric acid groups is 2. The maximum Gasteiger partial charge on any atom is 0.481 e. The summed E-state index contributed by atoms with van der Waals surface area (Å²) < 4.78 is 57.1. The van der Waals surface area contributed by atoms with Crippen molar-refractivity contribution in [1.82, 2.24) is 9.55 Å². The molecule has 7 atom stereocenters. The molecule has 19 heteroatoms. The smallest absolute Gasteiger partial charge is 0.457 e. The third-order valence-corrected chi connectivity index (χ3v) is 12.3. The fourth-order valence-electron chi connectivity index (χ4n) is 6.44. The number of nitrogens with two attached hydrogens (primary N) is 1. The molecular formula is C38H71N3O14P2. The molecular weight excluding hydrogens is 784 g/mol. The number of nitrogens with zero attached hydrogens (tertiary/aromatic N) is 2. The number of aromatic nitrogens is 2. The van der Waals surface area contributed by atoms with Crippen molar-refractivity contribution in [3.05, 3.63) is 22.7 Å². The van der Waals surface area contributed by atoms with Gasteiger partial charge in [-0.3, -0.25) is 18.4 Å². The number of nitrogen functional groups attached to an aromatic ring is 1. The summed E-state index contributed by atoms with van der Waals surface area (Å²) in [7, 11) is -10.6. The van der Waals surface area contributed by atoms with Crippen LogP contribution in [0.25, 0.3) is 0 Å². The molecule has 0 radical (unpaired) electrons. The zero-order valence-electron chi connectivity index (χ0n) is 34.2. The fraction of sp³-hybridized carbons (Fsp3) is 0.868. The third-order valence-electron chi connectivity index (χ3n) is 9.72. The third kappa shape index (κ3) is 23.0. The first-order valence-electron chi connectivity index (χ1n) is 21.1. The Labute approximate surface area is 338 Å². The monoisotopic (exact) mass is 855 g/mol. The van der Waals surface area contributed by atoms with Crippen LogP contribution in [0, 0.1) is 0 Å². The maximum absolute atomic E-state index is 12.7. The molecule has 0 spiro atoms. The number of anilines is 1. The van der Waals surface area contributed by atoms with Gasteiger partial charge in [0.05, 0.1) is 19.8 Å². The topological polar surface area (TPSA) is 248 Å². The number of aliphatic hydroxyl groups is 2. The molecule has 2 rings (SSSR count). The van der Waals surface area contributed by atoms with Crippen molar-refractivity contribution in [1.29, 1.82) is 0 Å². The molecule has 1 fully saturated rings. The lowest BCUT2D eigenvalue weighted by atomic mass is 10.1. The highest BCUT2D eigenvalue weighted by atomic mass is 31.3. The minimum Gasteiger partial charge on any atom is -0.457 e. The van der Waals surface area contributed by atoms with Gasteiger partial charge < -0.3 is 39.9 Å². The lowest BCUT2D eigenvalue weighted by molar-refractivity contribution is -0.154. The van der Waals surface area contributed by atoms with E-state index in [1.807, 2.05) is 0 Å². The summed E-state index contributed by atoms with van der Waals surface area (Å²) in [4.78, 5) is 48.9. The van der Waals surface area contributed by atoms with Crippen LogP contribution >= 0.6 is 15.6 Å². The highest BCUT2D eigenvalue weighted by Gasteiger charge is 2.46. The highest BCUT2D eigenvalue weighted by Crippen LogP contribution is 2.60. The molecule has 3 unspecified atom stereocenters. The molecule has 1 aromatic heterocycles. The summed E-state index contributed by atoms with van der Waals surface area (Å²) >= 11 is 0. The van der Waals surface area contributed by atoms with Crippen LogP contribution in [0.1, 0.15) is 161 Å². The van der Waals surface area contributed by atoms with E-state index in [-0.39, 0.29) is 18.8 Å². The van der Waals surface area contributed by atoms with Crippen LogP contribution in [0.2, 0.25) is 0 Å². The Morgan fingerprint density at radius 1 is 0.789 bits per heavy atom.